The summed E-state index contributed by atoms with van der Waals surface area (Å²) in [6, 6.07) is 13.5. The van der Waals surface area contributed by atoms with Gasteiger partial charge in [-0.1, -0.05) is 43.0 Å². The summed E-state index contributed by atoms with van der Waals surface area (Å²) in [4.78, 5) is 15.2. The van der Waals surface area contributed by atoms with E-state index in [9.17, 15) is 14.3 Å². The molecule has 2 aliphatic heterocycles. The first kappa shape index (κ1) is 19.8. The fraction of sp³-hybridized carbons (Fsp3) is 0.348. The number of halogens is 1. The van der Waals surface area contributed by atoms with Gasteiger partial charge in [0, 0.05) is 18.2 Å². The number of nitrogens with two attached hydrogens (primary N) is 1. The molecule has 2 aromatic rings. The van der Waals surface area contributed by atoms with Crippen LogP contribution in [-0.4, -0.2) is 47.3 Å². The van der Waals surface area contributed by atoms with E-state index in [1.807, 2.05) is 18.2 Å². The fourth-order valence-corrected chi connectivity index (χ4v) is 4.17. The minimum atomic E-state index is -0.733. The number of aliphatic hydroxyl groups is 1. The summed E-state index contributed by atoms with van der Waals surface area (Å²) in [5.74, 6) is -0.523. The van der Waals surface area contributed by atoms with Crippen molar-refractivity contribution in [2.45, 2.75) is 37.1 Å². The van der Waals surface area contributed by atoms with Crippen LogP contribution in [0.1, 0.15) is 29.2 Å². The third-order valence-corrected chi connectivity index (χ3v) is 5.84. The summed E-state index contributed by atoms with van der Waals surface area (Å²) in [7, 11) is 0. The Morgan fingerprint density at radius 2 is 1.93 bits per heavy atom. The van der Waals surface area contributed by atoms with Crippen molar-refractivity contribution in [3.63, 3.8) is 0 Å². The van der Waals surface area contributed by atoms with E-state index in [1.165, 1.54) is 17.7 Å². The third-order valence-electron chi connectivity index (χ3n) is 5.84. The number of ether oxygens (including phenoxy) is 1. The number of benzene rings is 2. The molecule has 4 rings (SSSR count). The van der Waals surface area contributed by atoms with Crippen molar-refractivity contribution >= 4 is 5.91 Å². The number of fused-ring (bicyclic) bond motifs is 1. The number of nitrogens with zero attached hydrogens (tertiary/aromatic N) is 1. The molecule has 0 spiro atoms. The van der Waals surface area contributed by atoms with Gasteiger partial charge in [0.2, 0.25) is 0 Å². The molecule has 0 saturated carbocycles. The van der Waals surface area contributed by atoms with Crippen LogP contribution in [-0.2, 0) is 16.0 Å². The number of carbonyl (C=O) groups excluding carboxylic acids is 1. The number of amides is 1. The number of carbonyl (C=O) groups is 1. The maximum Gasteiger partial charge on any atom is 0.252 e. The van der Waals surface area contributed by atoms with Gasteiger partial charge in [-0.2, -0.15) is 0 Å². The lowest BCUT2D eigenvalue weighted by molar-refractivity contribution is -0.132. The zero-order valence-corrected chi connectivity index (χ0v) is 16.1. The maximum absolute atomic E-state index is 13.5. The summed E-state index contributed by atoms with van der Waals surface area (Å²) >= 11 is 0. The van der Waals surface area contributed by atoms with E-state index in [2.05, 4.69) is 12.6 Å². The molecule has 0 aromatic heterocycles. The zero-order chi connectivity index (χ0) is 20.5. The Kier molecular flexibility index (Phi) is 5.50. The van der Waals surface area contributed by atoms with Crippen LogP contribution in [0.4, 0.5) is 4.39 Å². The molecule has 1 fully saturated rings. The summed E-state index contributed by atoms with van der Waals surface area (Å²) < 4.78 is 19.1. The lowest BCUT2D eigenvalue weighted by Crippen LogP contribution is -2.49. The lowest BCUT2D eigenvalue weighted by Gasteiger charge is -2.40. The van der Waals surface area contributed by atoms with Crippen LogP contribution >= 0.6 is 0 Å². The minimum Gasteiger partial charge on any atom is -0.389 e. The Labute approximate surface area is 169 Å². The van der Waals surface area contributed by atoms with E-state index in [1.54, 1.807) is 17.0 Å². The van der Waals surface area contributed by atoms with Crippen LogP contribution in [0.15, 0.2) is 60.7 Å². The molecular formula is C23H25FN2O3. The van der Waals surface area contributed by atoms with Crippen molar-refractivity contribution in [1.82, 2.24) is 4.90 Å². The predicted molar refractivity (Wildman–Crippen MR) is 108 cm³/mol. The van der Waals surface area contributed by atoms with Crippen molar-refractivity contribution in [1.29, 1.82) is 0 Å². The monoisotopic (exact) mass is 396 g/mol. The fourth-order valence-electron chi connectivity index (χ4n) is 4.17. The van der Waals surface area contributed by atoms with Gasteiger partial charge in [-0.05, 0) is 41.7 Å². The molecular weight excluding hydrogens is 371 g/mol. The average molecular weight is 396 g/mol. The molecule has 1 amide bonds. The molecule has 5 nitrogen and oxygen atoms in total. The highest BCUT2D eigenvalue weighted by atomic mass is 19.1. The molecule has 0 bridgehead atoms. The second-order valence-electron chi connectivity index (χ2n) is 7.72. The molecule has 2 aliphatic rings. The highest BCUT2D eigenvalue weighted by Crippen LogP contribution is 2.36. The molecule has 0 radical (unpaired) electrons. The molecule has 0 unspecified atom stereocenters. The average Bonchev–Trinajstić information content (AvgIpc) is 2.74. The van der Waals surface area contributed by atoms with Gasteiger partial charge < -0.3 is 20.5 Å². The summed E-state index contributed by atoms with van der Waals surface area (Å²) in [5, 5.41) is 9.78. The van der Waals surface area contributed by atoms with Crippen LogP contribution in [0.2, 0.25) is 0 Å². The van der Waals surface area contributed by atoms with E-state index in [0.29, 0.717) is 18.5 Å². The summed E-state index contributed by atoms with van der Waals surface area (Å²) in [5.41, 5.74) is 9.33. The number of aliphatic hydroxyl groups excluding tert-OH is 1. The van der Waals surface area contributed by atoms with Gasteiger partial charge in [0.25, 0.3) is 5.91 Å². The van der Waals surface area contributed by atoms with Crippen LogP contribution in [0, 0.1) is 5.82 Å². The Hall–Kier alpha value is -2.54. The summed E-state index contributed by atoms with van der Waals surface area (Å²) in [6.07, 6.45) is -0.177. The molecule has 3 N–H and O–H groups in total. The van der Waals surface area contributed by atoms with Gasteiger partial charge in [-0.3, -0.25) is 4.79 Å². The standard InChI is InChI=1S/C23H25FN2O3/c1-14(21-12-19(25)20(27)13-29-21)23(28)26-11-10-15-4-2-3-5-18(15)22(26)16-6-8-17(24)9-7-16/h2-9,19-22,27H,1,10-13,25H2/t19-,20+,21+,22+/m1/s1. The second-order valence-corrected chi connectivity index (χ2v) is 7.72. The van der Waals surface area contributed by atoms with E-state index in [-0.39, 0.29) is 24.4 Å². The van der Waals surface area contributed by atoms with Gasteiger partial charge in [0.1, 0.15) is 5.82 Å². The van der Waals surface area contributed by atoms with Crippen LogP contribution in [0.3, 0.4) is 0 Å². The second kappa shape index (κ2) is 8.06. The molecule has 29 heavy (non-hydrogen) atoms. The molecule has 0 aliphatic carbocycles. The van der Waals surface area contributed by atoms with Gasteiger partial charge in [0.05, 0.1) is 24.9 Å². The van der Waals surface area contributed by atoms with E-state index < -0.39 is 18.2 Å². The van der Waals surface area contributed by atoms with E-state index in [4.69, 9.17) is 10.5 Å². The van der Waals surface area contributed by atoms with Crippen molar-refractivity contribution in [2.75, 3.05) is 13.2 Å². The van der Waals surface area contributed by atoms with Crippen molar-refractivity contribution in [3.8, 4) is 0 Å². The molecule has 2 aromatic carbocycles. The molecule has 4 atom stereocenters. The van der Waals surface area contributed by atoms with Crippen LogP contribution < -0.4 is 5.73 Å². The van der Waals surface area contributed by atoms with Crippen LogP contribution in [0.5, 0.6) is 0 Å². The lowest BCUT2D eigenvalue weighted by atomic mass is 9.87. The first-order valence-electron chi connectivity index (χ1n) is 9.84. The Bertz CT molecular complexity index is 915. The van der Waals surface area contributed by atoms with Crippen molar-refractivity contribution in [2.24, 2.45) is 5.73 Å². The van der Waals surface area contributed by atoms with Gasteiger partial charge in [0.15, 0.2) is 0 Å². The number of hydrogen-bond donors (Lipinski definition) is 2. The maximum atomic E-state index is 13.5. The minimum absolute atomic E-state index is 0.0857. The normalized spacial score (nSPS) is 26.7. The highest BCUT2D eigenvalue weighted by molar-refractivity contribution is 5.94. The zero-order valence-electron chi connectivity index (χ0n) is 16.1. The number of rotatable bonds is 3. The smallest absolute Gasteiger partial charge is 0.252 e. The third kappa shape index (κ3) is 3.83. The Morgan fingerprint density at radius 1 is 1.21 bits per heavy atom. The van der Waals surface area contributed by atoms with Gasteiger partial charge in [-0.25, -0.2) is 4.39 Å². The van der Waals surface area contributed by atoms with Crippen molar-refractivity contribution < 1.29 is 19.0 Å². The number of hydrogen-bond acceptors (Lipinski definition) is 4. The van der Waals surface area contributed by atoms with E-state index in [0.717, 1.165) is 17.5 Å². The quantitative estimate of drug-likeness (QED) is 0.781. The SMILES string of the molecule is C=C(C(=O)N1CCc2ccccc2[C@@H]1c1ccc(F)cc1)[C@@H]1C[C@@H](N)[C@@H](O)CO1. The molecule has 152 valence electrons. The molecule has 6 heteroatoms. The summed E-state index contributed by atoms with van der Waals surface area (Å²) in [6.45, 7) is 4.61. The largest absolute Gasteiger partial charge is 0.389 e. The molecule has 1 saturated heterocycles. The van der Waals surface area contributed by atoms with Crippen molar-refractivity contribution in [3.05, 3.63) is 83.2 Å². The first-order valence-corrected chi connectivity index (χ1v) is 9.84. The van der Waals surface area contributed by atoms with Gasteiger partial charge >= 0.3 is 0 Å². The van der Waals surface area contributed by atoms with Gasteiger partial charge in [-0.15, -0.1) is 0 Å². The Morgan fingerprint density at radius 3 is 2.66 bits per heavy atom. The molecule has 2 heterocycles. The first-order chi connectivity index (χ1) is 14.0. The Balaban J connectivity index is 1.65. The highest BCUT2D eigenvalue weighted by Gasteiger charge is 2.37. The van der Waals surface area contributed by atoms with Crippen LogP contribution in [0.25, 0.3) is 0 Å². The predicted octanol–water partition coefficient (Wildman–Crippen LogP) is 2.33. The topological polar surface area (TPSA) is 75.8 Å². The van der Waals surface area contributed by atoms with E-state index >= 15 is 0 Å².